The summed E-state index contributed by atoms with van der Waals surface area (Å²) in [6.45, 7) is 4.75. The summed E-state index contributed by atoms with van der Waals surface area (Å²) >= 11 is 0. The average Bonchev–Trinajstić information content (AvgIpc) is 3.13. The zero-order chi connectivity index (χ0) is 15.3. The van der Waals surface area contributed by atoms with Gasteiger partial charge in [0, 0.05) is 6.42 Å². The fraction of sp³-hybridized carbons (Fsp3) is 0.750. The number of ketones is 1. The van der Waals surface area contributed by atoms with Crippen molar-refractivity contribution in [3.63, 3.8) is 0 Å². The fourth-order valence-corrected chi connectivity index (χ4v) is 7.17. The molecule has 5 aliphatic rings. The molecule has 0 aliphatic heterocycles. The third kappa shape index (κ3) is 1.28. The van der Waals surface area contributed by atoms with Crippen LogP contribution in [0.15, 0.2) is 23.8 Å². The maximum atomic E-state index is 11.8. The van der Waals surface area contributed by atoms with E-state index in [0.717, 1.165) is 25.2 Å². The topological polar surface area (TPSA) is 37.3 Å². The first kappa shape index (κ1) is 13.5. The highest BCUT2D eigenvalue weighted by molar-refractivity contribution is 5.92. The lowest BCUT2D eigenvalue weighted by Crippen LogP contribution is -2.52. The molecule has 0 aromatic heterocycles. The highest BCUT2D eigenvalue weighted by Gasteiger charge is 2.77. The van der Waals surface area contributed by atoms with Gasteiger partial charge in [-0.25, -0.2) is 0 Å². The molecule has 3 saturated carbocycles. The molecule has 22 heavy (non-hydrogen) atoms. The van der Waals surface area contributed by atoms with Crippen molar-refractivity contribution in [2.45, 2.75) is 58.5 Å². The Morgan fingerprint density at radius 2 is 2.09 bits per heavy atom. The summed E-state index contributed by atoms with van der Waals surface area (Å²) in [6, 6.07) is 0. The summed E-state index contributed by atoms with van der Waals surface area (Å²) in [5.41, 5.74) is 1.96. The molecule has 2 heteroatoms. The number of aliphatic hydroxyl groups excluding tert-OH is 1. The van der Waals surface area contributed by atoms with Gasteiger partial charge in [-0.1, -0.05) is 26.0 Å². The third-order valence-corrected chi connectivity index (χ3v) is 8.63. The van der Waals surface area contributed by atoms with Gasteiger partial charge >= 0.3 is 0 Å². The molecule has 3 fully saturated rings. The van der Waals surface area contributed by atoms with Crippen molar-refractivity contribution in [1.82, 2.24) is 0 Å². The highest BCUT2D eigenvalue weighted by Crippen LogP contribution is 2.81. The van der Waals surface area contributed by atoms with Gasteiger partial charge in [0.15, 0.2) is 5.78 Å². The van der Waals surface area contributed by atoms with E-state index in [4.69, 9.17) is 0 Å². The summed E-state index contributed by atoms with van der Waals surface area (Å²) < 4.78 is 0. The summed E-state index contributed by atoms with van der Waals surface area (Å²) in [6.07, 6.45) is 12.9. The Morgan fingerprint density at radius 1 is 1.27 bits per heavy atom. The molecule has 0 aromatic carbocycles. The monoisotopic (exact) mass is 298 g/mol. The van der Waals surface area contributed by atoms with E-state index in [-0.39, 0.29) is 16.9 Å². The molecule has 0 aromatic rings. The Kier molecular flexibility index (Phi) is 2.32. The summed E-state index contributed by atoms with van der Waals surface area (Å²) in [4.78, 5) is 11.8. The zero-order valence-electron chi connectivity index (χ0n) is 13.6. The molecule has 0 unspecified atom stereocenters. The van der Waals surface area contributed by atoms with Crippen LogP contribution in [0.4, 0.5) is 0 Å². The van der Waals surface area contributed by atoms with Crippen molar-refractivity contribution in [2.24, 2.45) is 34.0 Å². The van der Waals surface area contributed by atoms with Gasteiger partial charge in [-0.15, -0.1) is 0 Å². The van der Waals surface area contributed by atoms with Crippen LogP contribution in [0, 0.1) is 34.0 Å². The molecule has 0 radical (unpaired) electrons. The number of carbonyl (C=O) groups excluding carboxylic acids is 1. The number of aliphatic hydroxyl groups is 1. The van der Waals surface area contributed by atoms with E-state index in [1.54, 1.807) is 0 Å². The molecule has 0 saturated heterocycles. The maximum absolute atomic E-state index is 11.8. The second-order valence-electron chi connectivity index (χ2n) is 9.12. The maximum Gasteiger partial charge on any atom is 0.156 e. The Bertz CT molecular complexity index is 632. The molecule has 0 amide bonds. The minimum absolute atomic E-state index is 0.0988. The van der Waals surface area contributed by atoms with Crippen LogP contribution >= 0.6 is 0 Å². The molecule has 0 heterocycles. The first-order chi connectivity index (χ1) is 10.4. The molecular formula is C20H26O2. The quantitative estimate of drug-likeness (QED) is 0.741. The molecule has 5 rings (SSSR count). The Morgan fingerprint density at radius 3 is 2.91 bits per heavy atom. The zero-order valence-corrected chi connectivity index (χ0v) is 13.6. The summed E-state index contributed by atoms with van der Waals surface area (Å²) in [5, 5.41) is 10.6. The minimum atomic E-state index is -0.0988. The first-order valence-electron chi connectivity index (χ1n) is 9.03. The average molecular weight is 298 g/mol. The van der Waals surface area contributed by atoms with Crippen molar-refractivity contribution in [3.8, 4) is 0 Å². The molecule has 118 valence electrons. The van der Waals surface area contributed by atoms with E-state index in [1.807, 2.05) is 6.08 Å². The summed E-state index contributed by atoms with van der Waals surface area (Å²) in [5.74, 6) is 2.32. The summed E-state index contributed by atoms with van der Waals surface area (Å²) in [7, 11) is 0. The predicted molar refractivity (Wildman–Crippen MR) is 85.1 cm³/mol. The van der Waals surface area contributed by atoms with Crippen molar-refractivity contribution in [2.75, 3.05) is 0 Å². The smallest absolute Gasteiger partial charge is 0.156 e. The Hall–Kier alpha value is -0.890. The van der Waals surface area contributed by atoms with Crippen molar-refractivity contribution in [1.29, 1.82) is 0 Å². The van der Waals surface area contributed by atoms with E-state index in [9.17, 15) is 9.90 Å². The van der Waals surface area contributed by atoms with E-state index in [1.165, 1.54) is 18.4 Å². The SMILES string of the molecule is C[C@]12CCC(=O)C=C1C=C[C@@H]1[C@@H]2CC[C@]2(C)[C@H](O)C[C@@H]3C[C@]312. The number of hydrogen-bond donors (Lipinski definition) is 1. The lowest BCUT2D eigenvalue weighted by atomic mass is 9.47. The van der Waals surface area contributed by atoms with Crippen LogP contribution in [0.25, 0.3) is 0 Å². The van der Waals surface area contributed by atoms with Gasteiger partial charge in [0.2, 0.25) is 0 Å². The van der Waals surface area contributed by atoms with Crippen LogP contribution in [0.2, 0.25) is 0 Å². The second kappa shape index (κ2) is 3.77. The lowest BCUT2D eigenvalue weighted by Gasteiger charge is -2.57. The second-order valence-corrected chi connectivity index (χ2v) is 9.12. The predicted octanol–water partition coefficient (Wildman–Crippen LogP) is 3.66. The van der Waals surface area contributed by atoms with Crippen LogP contribution in [0.5, 0.6) is 0 Å². The number of carbonyl (C=O) groups is 1. The van der Waals surface area contributed by atoms with Gasteiger partial charge in [-0.05, 0) is 77.8 Å². The first-order valence-corrected chi connectivity index (χ1v) is 9.03. The van der Waals surface area contributed by atoms with Gasteiger partial charge in [0.05, 0.1) is 6.10 Å². The molecule has 1 N–H and O–H groups in total. The van der Waals surface area contributed by atoms with E-state index in [0.29, 0.717) is 29.5 Å². The van der Waals surface area contributed by atoms with Gasteiger partial charge in [-0.2, -0.15) is 0 Å². The van der Waals surface area contributed by atoms with Crippen molar-refractivity contribution in [3.05, 3.63) is 23.8 Å². The van der Waals surface area contributed by atoms with Gasteiger partial charge in [-0.3, -0.25) is 4.79 Å². The van der Waals surface area contributed by atoms with E-state index in [2.05, 4.69) is 26.0 Å². The third-order valence-electron chi connectivity index (χ3n) is 8.63. The van der Waals surface area contributed by atoms with Gasteiger partial charge in [0.1, 0.15) is 0 Å². The molecule has 5 aliphatic carbocycles. The van der Waals surface area contributed by atoms with Crippen molar-refractivity contribution >= 4 is 5.78 Å². The van der Waals surface area contributed by atoms with E-state index < -0.39 is 0 Å². The normalized spacial score (nSPS) is 58.3. The van der Waals surface area contributed by atoms with Crippen molar-refractivity contribution < 1.29 is 9.90 Å². The number of hydrogen-bond acceptors (Lipinski definition) is 2. The fourth-order valence-electron chi connectivity index (χ4n) is 7.17. The Labute approximate surface area is 132 Å². The standard InChI is InChI=1S/C20H26O2/c1-18-7-5-14(21)9-12(18)3-4-16-15(18)6-8-19(2)17(22)10-13-11-20(13,16)19/h3-4,9,13,15-17,22H,5-8,10-11H2,1-2H3/t13-,15+,16-,17-,18+,19-,20+/m1/s1. The lowest BCUT2D eigenvalue weighted by molar-refractivity contribution is -0.117. The molecule has 1 spiro atoms. The van der Waals surface area contributed by atoms with Crippen LogP contribution in [-0.2, 0) is 4.79 Å². The Balaban J connectivity index is 1.63. The highest BCUT2D eigenvalue weighted by atomic mass is 16.3. The molecular weight excluding hydrogens is 272 g/mol. The van der Waals surface area contributed by atoms with E-state index >= 15 is 0 Å². The number of fused-ring (bicyclic) bond motifs is 3. The molecule has 0 bridgehead atoms. The minimum Gasteiger partial charge on any atom is -0.393 e. The largest absolute Gasteiger partial charge is 0.393 e. The number of rotatable bonds is 0. The van der Waals surface area contributed by atoms with Crippen LogP contribution in [0.3, 0.4) is 0 Å². The number of allylic oxidation sites excluding steroid dienone is 4. The van der Waals surface area contributed by atoms with Crippen LogP contribution in [-0.4, -0.2) is 17.0 Å². The van der Waals surface area contributed by atoms with Gasteiger partial charge < -0.3 is 5.11 Å². The van der Waals surface area contributed by atoms with Crippen LogP contribution < -0.4 is 0 Å². The molecule has 7 atom stereocenters. The van der Waals surface area contributed by atoms with Gasteiger partial charge in [0.25, 0.3) is 0 Å². The van der Waals surface area contributed by atoms with Crippen LogP contribution in [0.1, 0.15) is 52.4 Å². The molecule has 2 nitrogen and oxygen atoms in total.